The zero-order valence-corrected chi connectivity index (χ0v) is 12.3. The van der Waals surface area contributed by atoms with Crippen molar-refractivity contribution in [3.05, 3.63) is 27.7 Å². The van der Waals surface area contributed by atoms with Gasteiger partial charge in [0.05, 0.1) is 15.7 Å². The molecule has 1 heterocycles. The molecule has 1 aliphatic heterocycles. The SMILES string of the molecule is CN1CCC(NC(=O)c2cc(Cl)c(N)c(Cl)c2)CC1. The minimum atomic E-state index is -0.154. The summed E-state index contributed by atoms with van der Waals surface area (Å²) in [6.45, 7) is 1.99. The predicted molar refractivity (Wildman–Crippen MR) is 78.9 cm³/mol. The van der Waals surface area contributed by atoms with Crippen LogP contribution < -0.4 is 11.1 Å². The second kappa shape index (κ2) is 5.99. The Hall–Kier alpha value is -0.970. The van der Waals surface area contributed by atoms with Crippen molar-refractivity contribution in [1.29, 1.82) is 0 Å². The standard InChI is InChI=1S/C13H17Cl2N3O/c1-18-4-2-9(3-5-18)17-13(19)8-6-10(14)12(16)11(15)7-8/h6-7,9H,2-5,16H2,1H3,(H,17,19). The fourth-order valence-corrected chi connectivity index (χ4v) is 2.62. The summed E-state index contributed by atoms with van der Waals surface area (Å²) < 4.78 is 0. The molecular weight excluding hydrogens is 285 g/mol. The second-order valence-corrected chi connectivity index (χ2v) is 5.72. The Morgan fingerprint density at radius 1 is 1.32 bits per heavy atom. The molecule has 2 rings (SSSR count). The van der Waals surface area contributed by atoms with Crippen molar-refractivity contribution in [2.75, 3.05) is 25.9 Å². The number of halogens is 2. The van der Waals surface area contributed by atoms with Gasteiger partial charge < -0.3 is 16.0 Å². The van der Waals surface area contributed by atoms with Gasteiger partial charge in [-0.25, -0.2) is 0 Å². The molecule has 0 bridgehead atoms. The molecule has 0 aromatic heterocycles. The maximum Gasteiger partial charge on any atom is 0.251 e. The minimum absolute atomic E-state index is 0.154. The number of hydrogen-bond acceptors (Lipinski definition) is 3. The van der Waals surface area contributed by atoms with Crippen LogP contribution in [0.3, 0.4) is 0 Å². The van der Waals surface area contributed by atoms with Gasteiger partial charge in [-0.05, 0) is 45.1 Å². The van der Waals surface area contributed by atoms with Gasteiger partial charge in [-0.3, -0.25) is 4.79 Å². The second-order valence-electron chi connectivity index (χ2n) is 4.90. The van der Waals surface area contributed by atoms with E-state index in [1.165, 1.54) is 0 Å². The highest BCUT2D eigenvalue weighted by molar-refractivity contribution is 6.39. The van der Waals surface area contributed by atoms with Crippen molar-refractivity contribution in [3.63, 3.8) is 0 Å². The minimum Gasteiger partial charge on any atom is -0.396 e. The molecule has 0 radical (unpaired) electrons. The molecule has 1 fully saturated rings. The lowest BCUT2D eigenvalue weighted by Crippen LogP contribution is -2.43. The molecule has 0 unspecified atom stereocenters. The molecule has 1 aliphatic rings. The number of hydrogen-bond donors (Lipinski definition) is 2. The lowest BCUT2D eigenvalue weighted by molar-refractivity contribution is 0.0917. The topological polar surface area (TPSA) is 58.4 Å². The maximum atomic E-state index is 12.1. The number of piperidine rings is 1. The van der Waals surface area contributed by atoms with Gasteiger partial charge in [0, 0.05) is 11.6 Å². The molecular formula is C13H17Cl2N3O. The van der Waals surface area contributed by atoms with E-state index in [1.807, 2.05) is 0 Å². The molecule has 0 aliphatic carbocycles. The molecule has 0 saturated carbocycles. The zero-order valence-electron chi connectivity index (χ0n) is 10.7. The number of likely N-dealkylation sites (tertiary alicyclic amines) is 1. The molecule has 1 aromatic carbocycles. The Bertz CT molecular complexity index is 462. The molecule has 0 atom stereocenters. The first kappa shape index (κ1) is 14.4. The van der Waals surface area contributed by atoms with Crippen LogP contribution in [0.1, 0.15) is 23.2 Å². The first-order valence-corrected chi connectivity index (χ1v) is 6.97. The van der Waals surface area contributed by atoms with Gasteiger partial charge in [-0.2, -0.15) is 0 Å². The van der Waals surface area contributed by atoms with Crippen LogP contribution in [-0.2, 0) is 0 Å². The van der Waals surface area contributed by atoms with Gasteiger partial charge in [0.2, 0.25) is 0 Å². The number of nitrogens with one attached hydrogen (secondary N) is 1. The van der Waals surface area contributed by atoms with E-state index in [2.05, 4.69) is 17.3 Å². The Morgan fingerprint density at radius 2 is 1.84 bits per heavy atom. The molecule has 19 heavy (non-hydrogen) atoms. The average molecular weight is 302 g/mol. The number of rotatable bonds is 2. The van der Waals surface area contributed by atoms with Crippen LogP contribution in [0.4, 0.5) is 5.69 Å². The van der Waals surface area contributed by atoms with Crippen molar-refractivity contribution in [2.45, 2.75) is 18.9 Å². The van der Waals surface area contributed by atoms with Crippen LogP contribution >= 0.6 is 23.2 Å². The predicted octanol–water partition coefficient (Wildman–Crippen LogP) is 2.40. The fourth-order valence-electron chi connectivity index (χ4n) is 2.14. The fraction of sp³-hybridized carbons (Fsp3) is 0.462. The van der Waals surface area contributed by atoms with Crippen molar-refractivity contribution in [3.8, 4) is 0 Å². The number of anilines is 1. The van der Waals surface area contributed by atoms with Gasteiger partial charge in [0.15, 0.2) is 0 Å². The van der Waals surface area contributed by atoms with E-state index < -0.39 is 0 Å². The third-order valence-electron chi connectivity index (χ3n) is 3.40. The van der Waals surface area contributed by atoms with Crippen molar-refractivity contribution < 1.29 is 4.79 Å². The average Bonchev–Trinajstić information content (AvgIpc) is 2.38. The normalized spacial score (nSPS) is 17.4. The molecule has 1 saturated heterocycles. The summed E-state index contributed by atoms with van der Waals surface area (Å²) in [4.78, 5) is 14.4. The smallest absolute Gasteiger partial charge is 0.251 e. The highest BCUT2D eigenvalue weighted by Crippen LogP contribution is 2.28. The summed E-state index contributed by atoms with van der Waals surface area (Å²) in [7, 11) is 2.08. The first-order valence-electron chi connectivity index (χ1n) is 6.21. The van der Waals surface area contributed by atoms with Gasteiger partial charge in [0.1, 0.15) is 0 Å². The van der Waals surface area contributed by atoms with Gasteiger partial charge >= 0.3 is 0 Å². The largest absolute Gasteiger partial charge is 0.396 e. The van der Waals surface area contributed by atoms with Crippen LogP contribution in [0.5, 0.6) is 0 Å². The van der Waals surface area contributed by atoms with Crippen molar-refractivity contribution in [1.82, 2.24) is 10.2 Å². The van der Waals surface area contributed by atoms with Gasteiger partial charge in [-0.15, -0.1) is 0 Å². The maximum absolute atomic E-state index is 12.1. The zero-order chi connectivity index (χ0) is 14.0. The van der Waals surface area contributed by atoms with E-state index in [4.69, 9.17) is 28.9 Å². The molecule has 104 valence electrons. The quantitative estimate of drug-likeness (QED) is 0.825. The summed E-state index contributed by atoms with van der Waals surface area (Å²) in [6, 6.07) is 3.30. The molecule has 6 heteroatoms. The Balaban J connectivity index is 2.04. The number of carbonyl (C=O) groups is 1. The number of nitrogen functional groups attached to an aromatic ring is 1. The summed E-state index contributed by atoms with van der Waals surface area (Å²) in [6.07, 6.45) is 1.91. The summed E-state index contributed by atoms with van der Waals surface area (Å²) in [5.41, 5.74) is 6.40. The van der Waals surface area contributed by atoms with E-state index in [0.717, 1.165) is 25.9 Å². The summed E-state index contributed by atoms with van der Waals surface area (Å²) in [5, 5.41) is 3.62. The molecule has 1 amide bonds. The number of carbonyl (C=O) groups excluding carboxylic acids is 1. The highest BCUT2D eigenvalue weighted by atomic mass is 35.5. The summed E-state index contributed by atoms with van der Waals surface area (Å²) in [5.74, 6) is -0.154. The Labute approximate surface area is 122 Å². The Kier molecular flexibility index (Phi) is 4.55. The number of amides is 1. The van der Waals surface area contributed by atoms with Crippen LogP contribution in [-0.4, -0.2) is 37.0 Å². The monoisotopic (exact) mass is 301 g/mol. The Morgan fingerprint density at radius 3 is 2.37 bits per heavy atom. The van der Waals surface area contributed by atoms with Crippen LogP contribution in [0.2, 0.25) is 10.0 Å². The van der Waals surface area contributed by atoms with E-state index in [0.29, 0.717) is 21.3 Å². The van der Waals surface area contributed by atoms with E-state index in [9.17, 15) is 4.79 Å². The van der Waals surface area contributed by atoms with E-state index >= 15 is 0 Å². The van der Waals surface area contributed by atoms with Crippen molar-refractivity contribution >= 4 is 34.8 Å². The molecule has 3 N–H and O–H groups in total. The lowest BCUT2D eigenvalue weighted by atomic mass is 10.0. The van der Waals surface area contributed by atoms with Crippen molar-refractivity contribution in [2.24, 2.45) is 0 Å². The molecule has 0 spiro atoms. The van der Waals surface area contributed by atoms with Crippen LogP contribution in [0.25, 0.3) is 0 Å². The van der Waals surface area contributed by atoms with E-state index in [1.54, 1.807) is 12.1 Å². The van der Waals surface area contributed by atoms with Crippen LogP contribution in [0, 0.1) is 0 Å². The van der Waals surface area contributed by atoms with E-state index in [-0.39, 0.29) is 11.9 Å². The highest BCUT2D eigenvalue weighted by Gasteiger charge is 2.19. The number of benzene rings is 1. The molecule has 4 nitrogen and oxygen atoms in total. The van der Waals surface area contributed by atoms with Gasteiger partial charge in [0.25, 0.3) is 5.91 Å². The molecule has 1 aromatic rings. The lowest BCUT2D eigenvalue weighted by Gasteiger charge is -2.29. The third-order valence-corrected chi connectivity index (χ3v) is 4.02. The number of nitrogens with two attached hydrogens (primary N) is 1. The first-order chi connectivity index (χ1) is 8.97. The van der Waals surface area contributed by atoms with Gasteiger partial charge in [-0.1, -0.05) is 23.2 Å². The number of nitrogens with zero attached hydrogens (tertiary/aromatic N) is 1. The third kappa shape index (κ3) is 3.53. The van der Waals surface area contributed by atoms with Crippen LogP contribution in [0.15, 0.2) is 12.1 Å². The summed E-state index contributed by atoms with van der Waals surface area (Å²) >= 11 is 11.9.